The van der Waals surface area contributed by atoms with Gasteiger partial charge in [-0.25, -0.2) is 4.98 Å². The molecule has 2 aliphatic rings. The van der Waals surface area contributed by atoms with E-state index in [4.69, 9.17) is 4.98 Å². The van der Waals surface area contributed by atoms with Crippen molar-refractivity contribution >= 4 is 22.5 Å². The molecule has 0 radical (unpaired) electrons. The molecular formula is C25H27N5O. The molecule has 1 saturated heterocycles. The SMILES string of the molecule is O=C(c1ccc2[nH]c3c(c2c1)CCCC3)N1CCN(Cc2cn3ccccc3n2)CC1. The zero-order chi connectivity index (χ0) is 20.8. The first-order valence-electron chi connectivity index (χ1n) is 11.3. The van der Waals surface area contributed by atoms with Crippen LogP contribution in [0.4, 0.5) is 0 Å². The summed E-state index contributed by atoms with van der Waals surface area (Å²) in [5.41, 5.74) is 6.83. The van der Waals surface area contributed by atoms with E-state index < -0.39 is 0 Å². The molecule has 6 heteroatoms. The van der Waals surface area contributed by atoms with E-state index in [1.807, 2.05) is 35.4 Å². The van der Waals surface area contributed by atoms with Crippen LogP contribution in [0.15, 0.2) is 48.8 Å². The van der Waals surface area contributed by atoms with Crippen LogP contribution in [0.25, 0.3) is 16.6 Å². The zero-order valence-corrected chi connectivity index (χ0v) is 17.7. The number of fused-ring (bicyclic) bond motifs is 4. The van der Waals surface area contributed by atoms with Crippen LogP contribution < -0.4 is 0 Å². The molecule has 4 heterocycles. The third kappa shape index (κ3) is 3.41. The van der Waals surface area contributed by atoms with E-state index in [9.17, 15) is 4.79 Å². The van der Waals surface area contributed by atoms with Crippen molar-refractivity contribution in [1.82, 2.24) is 24.2 Å². The monoisotopic (exact) mass is 413 g/mol. The number of carbonyl (C=O) groups excluding carboxylic acids is 1. The third-order valence-corrected chi connectivity index (χ3v) is 6.80. The Morgan fingerprint density at radius 1 is 1.03 bits per heavy atom. The third-order valence-electron chi connectivity index (χ3n) is 6.80. The van der Waals surface area contributed by atoms with Gasteiger partial charge >= 0.3 is 0 Å². The lowest BCUT2D eigenvalue weighted by Gasteiger charge is -2.34. The molecule has 1 aliphatic heterocycles. The number of carbonyl (C=O) groups is 1. The summed E-state index contributed by atoms with van der Waals surface area (Å²) in [5.74, 6) is 0.153. The molecule has 0 spiro atoms. The molecule has 1 N–H and O–H groups in total. The number of pyridine rings is 1. The van der Waals surface area contributed by atoms with Gasteiger partial charge < -0.3 is 14.3 Å². The van der Waals surface area contributed by atoms with Gasteiger partial charge in [-0.2, -0.15) is 0 Å². The number of aromatic nitrogens is 3. The minimum atomic E-state index is 0.153. The summed E-state index contributed by atoms with van der Waals surface area (Å²) in [6.07, 6.45) is 8.87. The van der Waals surface area contributed by atoms with E-state index in [-0.39, 0.29) is 5.91 Å². The number of amides is 1. The lowest BCUT2D eigenvalue weighted by Crippen LogP contribution is -2.48. The number of nitrogens with one attached hydrogen (secondary N) is 1. The van der Waals surface area contributed by atoms with E-state index in [1.54, 1.807) is 0 Å². The van der Waals surface area contributed by atoms with Gasteiger partial charge in [0.1, 0.15) is 5.65 Å². The first-order chi connectivity index (χ1) is 15.2. The predicted octanol–water partition coefficient (Wildman–Crippen LogP) is 3.65. The van der Waals surface area contributed by atoms with Gasteiger partial charge in [-0.15, -0.1) is 0 Å². The highest BCUT2D eigenvalue weighted by molar-refractivity contribution is 5.99. The minimum absolute atomic E-state index is 0.153. The van der Waals surface area contributed by atoms with Gasteiger partial charge in [0.25, 0.3) is 5.91 Å². The number of piperazine rings is 1. The summed E-state index contributed by atoms with van der Waals surface area (Å²) in [6.45, 7) is 4.10. The standard InChI is InChI=1S/C25H27N5O/c31-25(18-8-9-23-21(15-18)20-5-1-2-6-22(20)27-23)29-13-11-28(12-14-29)16-19-17-30-10-4-3-7-24(30)26-19/h3-4,7-10,15,17,27H,1-2,5-6,11-14,16H2. The Morgan fingerprint density at radius 2 is 1.90 bits per heavy atom. The van der Waals surface area contributed by atoms with Crippen molar-refractivity contribution in [3.8, 4) is 0 Å². The summed E-state index contributed by atoms with van der Waals surface area (Å²) in [6, 6.07) is 12.2. The summed E-state index contributed by atoms with van der Waals surface area (Å²) >= 11 is 0. The van der Waals surface area contributed by atoms with Gasteiger partial charge in [0.15, 0.2) is 0 Å². The number of rotatable bonds is 3. The van der Waals surface area contributed by atoms with Crippen molar-refractivity contribution in [3.63, 3.8) is 0 Å². The van der Waals surface area contributed by atoms with Crippen LogP contribution >= 0.6 is 0 Å². The number of imidazole rings is 1. The van der Waals surface area contributed by atoms with Crippen molar-refractivity contribution < 1.29 is 4.79 Å². The van der Waals surface area contributed by atoms with Gasteiger partial charge in [-0.1, -0.05) is 6.07 Å². The highest BCUT2D eigenvalue weighted by Gasteiger charge is 2.24. The van der Waals surface area contributed by atoms with Crippen molar-refractivity contribution in [3.05, 3.63) is 71.3 Å². The molecule has 1 amide bonds. The summed E-state index contributed by atoms with van der Waals surface area (Å²) in [5, 5.41) is 1.24. The van der Waals surface area contributed by atoms with Crippen LogP contribution in [-0.4, -0.2) is 56.3 Å². The number of nitrogens with zero attached hydrogens (tertiary/aromatic N) is 4. The van der Waals surface area contributed by atoms with E-state index in [2.05, 4.69) is 32.6 Å². The zero-order valence-electron chi connectivity index (χ0n) is 17.7. The molecule has 1 aromatic carbocycles. The molecule has 31 heavy (non-hydrogen) atoms. The smallest absolute Gasteiger partial charge is 0.253 e. The Morgan fingerprint density at radius 3 is 2.77 bits per heavy atom. The summed E-state index contributed by atoms with van der Waals surface area (Å²) < 4.78 is 2.06. The average molecular weight is 414 g/mol. The molecule has 6 nitrogen and oxygen atoms in total. The van der Waals surface area contributed by atoms with Gasteiger partial charge in [-0.05, 0) is 61.6 Å². The number of hydrogen-bond donors (Lipinski definition) is 1. The lowest BCUT2D eigenvalue weighted by atomic mass is 9.95. The number of H-pyrrole nitrogens is 1. The fourth-order valence-corrected chi connectivity index (χ4v) is 5.12. The highest BCUT2D eigenvalue weighted by atomic mass is 16.2. The van der Waals surface area contributed by atoms with Crippen LogP contribution in [0.3, 0.4) is 0 Å². The molecule has 0 bridgehead atoms. The Labute approximate surface area is 181 Å². The van der Waals surface area contributed by atoms with Crippen LogP contribution in [0.1, 0.15) is 40.2 Å². The van der Waals surface area contributed by atoms with Gasteiger partial charge in [0, 0.05) is 67.3 Å². The minimum Gasteiger partial charge on any atom is -0.358 e. The normalized spacial score (nSPS) is 17.4. The van der Waals surface area contributed by atoms with E-state index >= 15 is 0 Å². The van der Waals surface area contributed by atoms with Crippen molar-refractivity contribution in [1.29, 1.82) is 0 Å². The number of aromatic amines is 1. The maximum Gasteiger partial charge on any atom is 0.253 e. The number of benzene rings is 1. The van der Waals surface area contributed by atoms with E-state index in [0.717, 1.165) is 62.5 Å². The van der Waals surface area contributed by atoms with E-state index in [0.29, 0.717) is 0 Å². The molecule has 158 valence electrons. The topological polar surface area (TPSA) is 56.6 Å². The summed E-state index contributed by atoms with van der Waals surface area (Å²) in [4.78, 5) is 25.9. The first kappa shape index (κ1) is 18.6. The Bertz CT molecular complexity index is 1230. The molecular weight excluding hydrogens is 386 g/mol. The number of aryl methyl sites for hydroxylation is 2. The van der Waals surface area contributed by atoms with Gasteiger partial charge in [0.05, 0.1) is 5.69 Å². The maximum absolute atomic E-state index is 13.2. The largest absolute Gasteiger partial charge is 0.358 e. The van der Waals surface area contributed by atoms with Gasteiger partial charge in [-0.3, -0.25) is 9.69 Å². The van der Waals surface area contributed by atoms with Crippen LogP contribution in [0.5, 0.6) is 0 Å². The second-order valence-electron chi connectivity index (χ2n) is 8.82. The molecule has 0 saturated carbocycles. The quantitative estimate of drug-likeness (QED) is 0.558. The van der Waals surface area contributed by atoms with Crippen molar-refractivity contribution in [2.24, 2.45) is 0 Å². The molecule has 4 aromatic rings. The Balaban J connectivity index is 1.14. The predicted molar refractivity (Wildman–Crippen MR) is 121 cm³/mol. The van der Waals surface area contributed by atoms with Crippen LogP contribution in [-0.2, 0) is 19.4 Å². The van der Waals surface area contributed by atoms with Crippen LogP contribution in [0.2, 0.25) is 0 Å². The molecule has 3 aromatic heterocycles. The fourth-order valence-electron chi connectivity index (χ4n) is 5.12. The highest BCUT2D eigenvalue weighted by Crippen LogP contribution is 2.30. The summed E-state index contributed by atoms with van der Waals surface area (Å²) in [7, 11) is 0. The van der Waals surface area contributed by atoms with Crippen molar-refractivity contribution in [2.45, 2.75) is 32.2 Å². The van der Waals surface area contributed by atoms with Gasteiger partial charge in [0.2, 0.25) is 0 Å². The molecule has 6 rings (SSSR count). The molecule has 0 atom stereocenters. The average Bonchev–Trinajstić information content (AvgIpc) is 3.39. The molecule has 0 unspecified atom stereocenters. The second kappa shape index (κ2) is 7.54. The first-order valence-corrected chi connectivity index (χ1v) is 11.3. The van der Waals surface area contributed by atoms with E-state index in [1.165, 1.54) is 35.0 Å². The molecule has 1 aliphatic carbocycles. The van der Waals surface area contributed by atoms with Crippen molar-refractivity contribution in [2.75, 3.05) is 26.2 Å². The van der Waals surface area contributed by atoms with Crippen LogP contribution in [0, 0.1) is 0 Å². The maximum atomic E-state index is 13.2. The molecule has 1 fully saturated rings. The lowest BCUT2D eigenvalue weighted by molar-refractivity contribution is 0.0627. The second-order valence-corrected chi connectivity index (χ2v) is 8.82. The fraction of sp³-hybridized carbons (Fsp3) is 0.360. The Kier molecular flexibility index (Phi) is 4.53. The Hall–Kier alpha value is -3.12. The number of hydrogen-bond acceptors (Lipinski definition) is 3.